The van der Waals surface area contributed by atoms with E-state index in [1.165, 1.54) is 7.05 Å². The number of hydrogen-bond donors (Lipinski definition) is 3. The fourth-order valence-electron chi connectivity index (χ4n) is 1.41. The maximum atomic E-state index is 11.5. The van der Waals surface area contributed by atoms with Gasteiger partial charge in [-0.1, -0.05) is 13.8 Å². The average molecular weight is 244 g/mol. The summed E-state index contributed by atoms with van der Waals surface area (Å²) in [7, 11) is 1.53. The summed E-state index contributed by atoms with van der Waals surface area (Å²) >= 11 is 0. The van der Waals surface area contributed by atoms with Gasteiger partial charge in [0, 0.05) is 26.4 Å². The minimum Gasteiger partial charge on any atom is -0.481 e. The zero-order chi connectivity index (χ0) is 13.5. The van der Waals surface area contributed by atoms with Gasteiger partial charge in [0.2, 0.25) is 11.8 Å². The van der Waals surface area contributed by atoms with Crippen LogP contribution < -0.4 is 10.6 Å². The summed E-state index contributed by atoms with van der Waals surface area (Å²) in [5.41, 5.74) is -0.580. The van der Waals surface area contributed by atoms with E-state index in [-0.39, 0.29) is 37.6 Å². The zero-order valence-corrected chi connectivity index (χ0v) is 10.5. The molecule has 0 fully saturated rings. The fourth-order valence-corrected chi connectivity index (χ4v) is 1.41. The van der Waals surface area contributed by atoms with Gasteiger partial charge in [0.1, 0.15) is 0 Å². The lowest BCUT2D eigenvalue weighted by Gasteiger charge is -2.21. The predicted octanol–water partition coefficient (Wildman–Crippen LogP) is 0.130. The minimum absolute atomic E-state index is 0.0597. The molecule has 0 aromatic rings. The van der Waals surface area contributed by atoms with Crippen molar-refractivity contribution in [3.05, 3.63) is 0 Å². The number of nitrogens with one attached hydrogen (secondary N) is 2. The Kier molecular flexibility index (Phi) is 6.23. The summed E-state index contributed by atoms with van der Waals surface area (Å²) in [5, 5.41) is 13.7. The van der Waals surface area contributed by atoms with E-state index in [0.717, 1.165) is 0 Å². The second-order valence-corrected chi connectivity index (χ2v) is 4.68. The van der Waals surface area contributed by atoms with Crippen LogP contribution in [0, 0.1) is 5.41 Å². The second kappa shape index (κ2) is 6.88. The third-order valence-electron chi connectivity index (χ3n) is 2.22. The quantitative estimate of drug-likeness (QED) is 0.593. The molecule has 6 heteroatoms. The van der Waals surface area contributed by atoms with E-state index in [1.807, 2.05) is 0 Å². The molecule has 0 bridgehead atoms. The molecule has 0 heterocycles. The van der Waals surface area contributed by atoms with E-state index in [2.05, 4.69) is 10.6 Å². The molecular weight excluding hydrogens is 224 g/mol. The lowest BCUT2D eigenvalue weighted by molar-refractivity contribution is -0.139. The highest BCUT2D eigenvalue weighted by Gasteiger charge is 2.24. The molecule has 3 N–H and O–H groups in total. The third-order valence-corrected chi connectivity index (χ3v) is 2.22. The van der Waals surface area contributed by atoms with E-state index in [9.17, 15) is 14.4 Å². The largest absolute Gasteiger partial charge is 0.481 e. The summed E-state index contributed by atoms with van der Waals surface area (Å²) in [6.07, 6.45) is 0.296. The highest BCUT2D eigenvalue weighted by molar-refractivity contribution is 5.79. The Morgan fingerprint density at radius 2 is 1.71 bits per heavy atom. The number of carboxylic acid groups (broad SMARTS) is 1. The smallest absolute Gasteiger partial charge is 0.303 e. The van der Waals surface area contributed by atoms with Gasteiger partial charge in [0.05, 0.1) is 6.42 Å². The number of carbonyl (C=O) groups excluding carboxylic acids is 2. The Bertz CT molecular complexity index is 300. The molecule has 98 valence electrons. The molecule has 17 heavy (non-hydrogen) atoms. The van der Waals surface area contributed by atoms with Crippen LogP contribution in [0.15, 0.2) is 0 Å². The Labute approximate surface area is 101 Å². The Hall–Kier alpha value is -1.59. The van der Waals surface area contributed by atoms with Gasteiger partial charge in [0.15, 0.2) is 0 Å². The number of carboxylic acids is 1. The molecule has 0 radical (unpaired) electrons. The highest BCUT2D eigenvalue weighted by Crippen LogP contribution is 2.24. The first-order valence-electron chi connectivity index (χ1n) is 5.46. The maximum Gasteiger partial charge on any atom is 0.303 e. The summed E-state index contributed by atoms with van der Waals surface area (Å²) in [5.74, 6) is -1.30. The molecule has 6 nitrogen and oxygen atoms in total. The summed E-state index contributed by atoms with van der Waals surface area (Å²) in [6, 6.07) is 0. The van der Waals surface area contributed by atoms with E-state index < -0.39 is 11.4 Å². The molecule has 0 saturated heterocycles. The normalized spacial score (nSPS) is 10.8. The number of carbonyl (C=O) groups is 3. The first kappa shape index (κ1) is 15.4. The van der Waals surface area contributed by atoms with Crippen molar-refractivity contribution in [3.63, 3.8) is 0 Å². The fraction of sp³-hybridized carbons (Fsp3) is 0.727. The van der Waals surface area contributed by atoms with Gasteiger partial charge in [0.25, 0.3) is 0 Å². The van der Waals surface area contributed by atoms with Gasteiger partial charge in [-0.25, -0.2) is 0 Å². The summed E-state index contributed by atoms with van der Waals surface area (Å²) < 4.78 is 0. The van der Waals surface area contributed by atoms with Crippen LogP contribution in [0.25, 0.3) is 0 Å². The molecule has 0 aliphatic heterocycles. The molecule has 0 aromatic carbocycles. The van der Waals surface area contributed by atoms with Crippen LogP contribution in [0.4, 0.5) is 0 Å². The second-order valence-electron chi connectivity index (χ2n) is 4.68. The van der Waals surface area contributed by atoms with Crippen LogP contribution in [0.1, 0.15) is 33.1 Å². The predicted molar refractivity (Wildman–Crippen MR) is 62.3 cm³/mol. The number of amides is 2. The molecule has 0 atom stereocenters. The molecule has 2 amide bonds. The molecule has 0 aliphatic rings. The topological polar surface area (TPSA) is 95.5 Å². The molecule has 0 saturated carbocycles. The van der Waals surface area contributed by atoms with Crippen LogP contribution >= 0.6 is 0 Å². The summed E-state index contributed by atoms with van der Waals surface area (Å²) in [4.78, 5) is 32.9. The minimum atomic E-state index is -0.923. The lowest BCUT2D eigenvalue weighted by Crippen LogP contribution is -2.32. The van der Waals surface area contributed by atoms with Gasteiger partial charge in [-0.15, -0.1) is 0 Å². The molecule has 0 aliphatic carbocycles. The average Bonchev–Trinajstić information content (AvgIpc) is 2.14. The number of hydrogen-bond acceptors (Lipinski definition) is 3. The van der Waals surface area contributed by atoms with E-state index in [0.29, 0.717) is 0 Å². The molecule has 0 unspecified atom stereocenters. The highest BCUT2D eigenvalue weighted by atomic mass is 16.4. The van der Waals surface area contributed by atoms with Gasteiger partial charge < -0.3 is 15.7 Å². The SMILES string of the molecule is CNC(=O)CCNC(=O)CC(C)(C)CC(=O)O. The molecule has 0 rings (SSSR count). The van der Waals surface area contributed by atoms with Crippen molar-refractivity contribution in [2.45, 2.75) is 33.1 Å². The van der Waals surface area contributed by atoms with Gasteiger partial charge in [-0.3, -0.25) is 14.4 Å². The van der Waals surface area contributed by atoms with Crippen LogP contribution in [-0.4, -0.2) is 36.5 Å². The van der Waals surface area contributed by atoms with E-state index >= 15 is 0 Å². The van der Waals surface area contributed by atoms with E-state index in [4.69, 9.17) is 5.11 Å². The lowest BCUT2D eigenvalue weighted by atomic mass is 9.85. The van der Waals surface area contributed by atoms with Crippen LogP contribution in [-0.2, 0) is 14.4 Å². The standard InChI is InChI=1S/C11H20N2O4/c1-11(2,7-10(16)17)6-9(15)13-5-4-8(14)12-3/h4-7H2,1-3H3,(H,12,14)(H,13,15)(H,16,17). The molecule has 0 spiro atoms. The Balaban J connectivity index is 3.93. The van der Waals surface area contributed by atoms with Crippen molar-refractivity contribution in [2.24, 2.45) is 5.41 Å². The van der Waals surface area contributed by atoms with Gasteiger partial charge >= 0.3 is 5.97 Å². The van der Waals surface area contributed by atoms with Crippen molar-refractivity contribution in [2.75, 3.05) is 13.6 Å². The van der Waals surface area contributed by atoms with E-state index in [1.54, 1.807) is 13.8 Å². The number of rotatable bonds is 7. The van der Waals surface area contributed by atoms with Crippen molar-refractivity contribution in [1.29, 1.82) is 0 Å². The Morgan fingerprint density at radius 3 is 2.18 bits per heavy atom. The first-order chi connectivity index (χ1) is 7.76. The van der Waals surface area contributed by atoms with Crippen molar-refractivity contribution in [3.8, 4) is 0 Å². The Morgan fingerprint density at radius 1 is 1.12 bits per heavy atom. The molecular formula is C11H20N2O4. The number of aliphatic carboxylic acids is 1. The van der Waals surface area contributed by atoms with Crippen LogP contribution in [0.3, 0.4) is 0 Å². The van der Waals surface area contributed by atoms with Crippen molar-refractivity contribution < 1.29 is 19.5 Å². The van der Waals surface area contributed by atoms with Crippen LogP contribution in [0.5, 0.6) is 0 Å². The molecule has 0 aromatic heterocycles. The summed E-state index contributed by atoms with van der Waals surface area (Å²) in [6.45, 7) is 3.71. The van der Waals surface area contributed by atoms with Crippen molar-refractivity contribution >= 4 is 17.8 Å². The third kappa shape index (κ3) is 8.24. The van der Waals surface area contributed by atoms with Gasteiger partial charge in [-0.2, -0.15) is 0 Å². The first-order valence-corrected chi connectivity index (χ1v) is 5.46. The van der Waals surface area contributed by atoms with Crippen molar-refractivity contribution in [1.82, 2.24) is 10.6 Å². The van der Waals surface area contributed by atoms with Crippen LogP contribution in [0.2, 0.25) is 0 Å². The maximum absolute atomic E-state index is 11.5. The monoisotopic (exact) mass is 244 g/mol. The van der Waals surface area contributed by atoms with Gasteiger partial charge in [-0.05, 0) is 5.41 Å². The zero-order valence-electron chi connectivity index (χ0n) is 10.5.